The molecule has 126 valence electrons. The Morgan fingerprint density at radius 1 is 1.04 bits per heavy atom. The molecule has 0 saturated carbocycles. The molecule has 0 aromatic heterocycles. The summed E-state index contributed by atoms with van der Waals surface area (Å²) in [4.78, 5) is 13.0. The third-order valence-corrected chi connectivity index (χ3v) is 3.63. The van der Waals surface area contributed by atoms with Gasteiger partial charge in [-0.25, -0.2) is 8.78 Å². The van der Waals surface area contributed by atoms with Gasteiger partial charge in [0, 0.05) is 5.69 Å². The minimum absolute atomic E-state index is 0.0148. The SMILES string of the molecule is O=C1c2ccccc2NC(c2ccc(F)c(F)c2)N1CC(F)(F)F. The fraction of sp³-hybridized carbons (Fsp3) is 0.188. The maximum Gasteiger partial charge on any atom is 0.406 e. The topological polar surface area (TPSA) is 32.3 Å². The zero-order chi connectivity index (χ0) is 17.5. The summed E-state index contributed by atoms with van der Waals surface area (Å²) < 4.78 is 65.2. The van der Waals surface area contributed by atoms with Crippen LogP contribution in [0.4, 0.5) is 27.6 Å². The summed E-state index contributed by atoms with van der Waals surface area (Å²) in [6.07, 6.45) is -5.90. The van der Waals surface area contributed by atoms with E-state index in [2.05, 4.69) is 5.32 Å². The number of rotatable bonds is 2. The van der Waals surface area contributed by atoms with E-state index in [1.807, 2.05) is 0 Å². The van der Waals surface area contributed by atoms with Gasteiger partial charge < -0.3 is 10.2 Å². The average molecular weight is 342 g/mol. The zero-order valence-corrected chi connectivity index (χ0v) is 12.1. The largest absolute Gasteiger partial charge is 0.406 e. The van der Waals surface area contributed by atoms with Crippen LogP contribution >= 0.6 is 0 Å². The molecule has 1 N–H and O–H groups in total. The summed E-state index contributed by atoms with van der Waals surface area (Å²) >= 11 is 0. The first kappa shape index (κ1) is 16.2. The predicted octanol–water partition coefficient (Wildman–Crippen LogP) is 4.09. The normalized spacial score (nSPS) is 17.5. The molecule has 1 amide bonds. The Kier molecular flexibility index (Phi) is 3.90. The van der Waals surface area contributed by atoms with Gasteiger partial charge in [0.25, 0.3) is 5.91 Å². The van der Waals surface area contributed by atoms with Crippen LogP contribution in [-0.4, -0.2) is 23.5 Å². The third kappa shape index (κ3) is 3.04. The van der Waals surface area contributed by atoms with Crippen molar-refractivity contribution >= 4 is 11.6 Å². The highest BCUT2D eigenvalue weighted by molar-refractivity contribution is 6.01. The smallest absolute Gasteiger partial charge is 0.361 e. The second-order valence-electron chi connectivity index (χ2n) is 5.31. The van der Waals surface area contributed by atoms with Gasteiger partial charge in [0.05, 0.1) is 5.56 Å². The first-order chi connectivity index (χ1) is 11.3. The summed E-state index contributed by atoms with van der Waals surface area (Å²) in [6, 6.07) is 8.80. The van der Waals surface area contributed by atoms with Crippen molar-refractivity contribution in [1.82, 2.24) is 4.90 Å². The van der Waals surface area contributed by atoms with Crippen LogP contribution < -0.4 is 5.32 Å². The molecule has 24 heavy (non-hydrogen) atoms. The van der Waals surface area contributed by atoms with Gasteiger partial charge in [-0.2, -0.15) is 13.2 Å². The maximum absolute atomic E-state index is 13.5. The molecule has 3 rings (SSSR count). The molecule has 1 atom stereocenters. The van der Waals surface area contributed by atoms with Crippen molar-refractivity contribution in [2.75, 3.05) is 11.9 Å². The van der Waals surface area contributed by atoms with Crippen molar-refractivity contribution in [3.63, 3.8) is 0 Å². The van der Waals surface area contributed by atoms with E-state index in [0.717, 1.165) is 18.2 Å². The van der Waals surface area contributed by atoms with Crippen LogP contribution in [0.5, 0.6) is 0 Å². The van der Waals surface area contributed by atoms with E-state index in [9.17, 15) is 26.7 Å². The lowest BCUT2D eigenvalue weighted by molar-refractivity contribution is -0.144. The molecule has 1 aliphatic heterocycles. The summed E-state index contributed by atoms with van der Waals surface area (Å²) in [5, 5.41) is 2.78. The molecule has 0 radical (unpaired) electrons. The molecule has 2 aromatic rings. The second kappa shape index (κ2) is 5.77. The molecule has 1 unspecified atom stereocenters. The lowest BCUT2D eigenvalue weighted by Crippen LogP contribution is -2.47. The minimum Gasteiger partial charge on any atom is -0.361 e. The van der Waals surface area contributed by atoms with E-state index in [1.54, 1.807) is 6.07 Å². The number of benzene rings is 2. The van der Waals surface area contributed by atoms with Crippen LogP contribution in [0.3, 0.4) is 0 Å². The van der Waals surface area contributed by atoms with E-state index in [-0.39, 0.29) is 11.1 Å². The Bertz CT molecular complexity index is 790. The Balaban J connectivity index is 2.07. The van der Waals surface area contributed by atoms with E-state index in [4.69, 9.17) is 0 Å². The molecule has 3 nitrogen and oxygen atoms in total. The quantitative estimate of drug-likeness (QED) is 0.834. The van der Waals surface area contributed by atoms with Crippen molar-refractivity contribution in [3.8, 4) is 0 Å². The van der Waals surface area contributed by atoms with E-state index < -0.39 is 36.4 Å². The molecule has 0 aliphatic carbocycles. The van der Waals surface area contributed by atoms with Gasteiger partial charge in [-0.15, -0.1) is 0 Å². The number of carbonyl (C=O) groups excluding carboxylic acids is 1. The first-order valence-corrected chi connectivity index (χ1v) is 6.94. The number of anilines is 1. The number of hydrogen-bond donors (Lipinski definition) is 1. The Labute approximate surface area is 133 Å². The highest BCUT2D eigenvalue weighted by Crippen LogP contribution is 2.35. The second-order valence-corrected chi connectivity index (χ2v) is 5.31. The van der Waals surface area contributed by atoms with Gasteiger partial charge in [0.15, 0.2) is 11.6 Å². The van der Waals surface area contributed by atoms with Gasteiger partial charge in [-0.3, -0.25) is 4.79 Å². The van der Waals surface area contributed by atoms with Crippen molar-refractivity contribution in [2.24, 2.45) is 0 Å². The van der Waals surface area contributed by atoms with Crippen molar-refractivity contribution in [3.05, 3.63) is 65.2 Å². The molecular weight excluding hydrogens is 331 g/mol. The van der Waals surface area contributed by atoms with Gasteiger partial charge in [0.1, 0.15) is 12.7 Å². The van der Waals surface area contributed by atoms with E-state index in [1.165, 1.54) is 18.2 Å². The summed E-state index contributed by atoms with van der Waals surface area (Å²) in [7, 11) is 0. The molecule has 0 spiro atoms. The number of para-hydroxylation sites is 1. The van der Waals surface area contributed by atoms with Crippen LogP contribution in [0, 0.1) is 11.6 Å². The molecule has 2 aromatic carbocycles. The molecule has 0 saturated heterocycles. The van der Waals surface area contributed by atoms with E-state index in [0.29, 0.717) is 10.6 Å². The number of amides is 1. The molecular formula is C16H11F5N2O. The molecule has 0 fully saturated rings. The number of halogens is 5. The van der Waals surface area contributed by atoms with Crippen LogP contribution in [0.15, 0.2) is 42.5 Å². The summed E-state index contributed by atoms with van der Waals surface area (Å²) in [5.74, 6) is -3.16. The first-order valence-electron chi connectivity index (χ1n) is 6.94. The maximum atomic E-state index is 13.5. The predicted molar refractivity (Wildman–Crippen MR) is 76.3 cm³/mol. The molecule has 1 aliphatic rings. The number of hydrogen-bond acceptors (Lipinski definition) is 2. The standard InChI is InChI=1S/C16H11F5N2O/c17-11-6-5-9(7-12(11)18)14-22-13-4-2-1-3-10(13)15(24)23(14)8-16(19,20)21/h1-7,14,22H,8H2. The Morgan fingerprint density at radius 3 is 2.42 bits per heavy atom. The van der Waals surface area contributed by atoms with Gasteiger partial charge in [-0.1, -0.05) is 18.2 Å². The van der Waals surface area contributed by atoms with Crippen LogP contribution in [0.25, 0.3) is 0 Å². The molecule has 8 heteroatoms. The highest BCUT2D eigenvalue weighted by Gasteiger charge is 2.40. The van der Waals surface area contributed by atoms with Gasteiger partial charge in [0.2, 0.25) is 0 Å². The highest BCUT2D eigenvalue weighted by atomic mass is 19.4. The Hall–Kier alpha value is -2.64. The van der Waals surface area contributed by atoms with Crippen molar-refractivity contribution in [2.45, 2.75) is 12.3 Å². The average Bonchev–Trinajstić information content (AvgIpc) is 2.52. The summed E-state index contributed by atoms with van der Waals surface area (Å²) in [6.45, 7) is -1.52. The van der Waals surface area contributed by atoms with Crippen LogP contribution in [-0.2, 0) is 0 Å². The monoisotopic (exact) mass is 342 g/mol. The number of fused-ring (bicyclic) bond motifs is 1. The van der Waals surface area contributed by atoms with Gasteiger partial charge in [-0.05, 0) is 29.8 Å². The fourth-order valence-electron chi connectivity index (χ4n) is 2.59. The van der Waals surface area contributed by atoms with Crippen LogP contribution in [0.2, 0.25) is 0 Å². The summed E-state index contributed by atoms with van der Waals surface area (Å²) in [5.41, 5.74) is 0.428. The number of nitrogens with zero attached hydrogens (tertiary/aromatic N) is 1. The fourth-order valence-corrected chi connectivity index (χ4v) is 2.59. The zero-order valence-electron chi connectivity index (χ0n) is 12.1. The molecule has 0 bridgehead atoms. The lowest BCUT2D eigenvalue weighted by Gasteiger charge is -2.38. The van der Waals surface area contributed by atoms with E-state index >= 15 is 0 Å². The van der Waals surface area contributed by atoms with Crippen molar-refractivity contribution in [1.29, 1.82) is 0 Å². The number of carbonyl (C=O) groups is 1. The number of alkyl halides is 3. The lowest BCUT2D eigenvalue weighted by atomic mass is 10.0. The molecule has 1 heterocycles. The minimum atomic E-state index is -4.64. The third-order valence-electron chi connectivity index (χ3n) is 3.63. The Morgan fingerprint density at radius 2 is 1.75 bits per heavy atom. The van der Waals surface area contributed by atoms with Crippen molar-refractivity contribution < 1.29 is 26.7 Å². The van der Waals surface area contributed by atoms with Gasteiger partial charge >= 0.3 is 6.18 Å². The number of nitrogens with one attached hydrogen (secondary N) is 1. The van der Waals surface area contributed by atoms with Crippen LogP contribution in [0.1, 0.15) is 22.1 Å².